The van der Waals surface area contributed by atoms with E-state index in [-0.39, 0.29) is 17.2 Å². The molecular weight excluding hydrogens is 628 g/mol. The third kappa shape index (κ3) is 8.65. The first-order valence-corrected chi connectivity index (χ1v) is 17.9. The van der Waals surface area contributed by atoms with Gasteiger partial charge in [0.05, 0.1) is 32.3 Å². The minimum absolute atomic E-state index is 0.0494. The predicted molar refractivity (Wildman–Crippen MR) is 189 cm³/mol. The lowest BCUT2D eigenvalue weighted by Crippen LogP contribution is -2.56. The third-order valence-corrected chi connectivity index (χ3v) is 10.3. The van der Waals surface area contributed by atoms with Crippen LogP contribution in [0, 0.1) is 13.8 Å². The Morgan fingerprint density at radius 2 is 1.54 bits per heavy atom. The van der Waals surface area contributed by atoms with Gasteiger partial charge in [0, 0.05) is 12.0 Å². The highest BCUT2D eigenvalue weighted by atomic mass is 32.2. The molecule has 0 spiro atoms. The number of aliphatic imine (C=N–C) groups is 1. The van der Waals surface area contributed by atoms with Crippen LogP contribution in [0.4, 0.5) is 0 Å². The molecule has 3 aromatic rings. The van der Waals surface area contributed by atoms with Gasteiger partial charge in [-0.25, -0.2) is 22.9 Å². The van der Waals surface area contributed by atoms with E-state index < -0.39 is 27.6 Å². The molecule has 1 heterocycles. The van der Waals surface area contributed by atoms with Gasteiger partial charge < -0.3 is 18.9 Å². The first-order chi connectivity index (χ1) is 23.1. The SMILES string of the molecule is C=CCCCCCCCCC(NS(=O)(=O)c1cc(C)ccc1C)C1(Cc2ccccc2)N=C(c2cc(OC)c(OC)c(OC)c2)OC1=O. The van der Waals surface area contributed by atoms with Crippen molar-refractivity contribution in [3.05, 3.63) is 95.6 Å². The number of aryl methyl sites for hydroxylation is 2. The Morgan fingerprint density at radius 3 is 2.17 bits per heavy atom. The van der Waals surface area contributed by atoms with Crippen LogP contribution in [-0.2, 0) is 26.0 Å². The molecule has 10 heteroatoms. The number of carbonyl (C=O) groups excluding carboxylic acids is 1. The van der Waals surface area contributed by atoms with Crippen molar-refractivity contribution >= 4 is 21.9 Å². The Kier molecular flexibility index (Phi) is 12.8. The summed E-state index contributed by atoms with van der Waals surface area (Å²) in [6.07, 6.45) is 9.32. The highest BCUT2D eigenvalue weighted by Gasteiger charge is 2.53. The number of esters is 1. The summed E-state index contributed by atoms with van der Waals surface area (Å²) in [6.45, 7) is 7.41. The van der Waals surface area contributed by atoms with Crippen molar-refractivity contribution < 1.29 is 32.2 Å². The number of benzene rings is 3. The van der Waals surface area contributed by atoms with Crippen molar-refractivity contribution in [2.45, 2.75) is 88.1 Å². The van der Waals surface area contributed by atoms with Gasteiger partial charge >= 0.3 is 5.97 Å². The fraction of sp³-hybridized carbons (Fsp3) is 0.421. The molecule has 1 aliphatic rings. The number of unbranched alkanes of at least 4 members (excludes halogenated alkanes) is 6. The van der Waals surface area contributed by atoms with Gasteiger partial charge in [-0.05, 0) is 68.0 Å². The first kappa shape index (κ1) is 36.7. The molecule has 258 valence electrons. The number of allylic oxidation sites excluding steroid dienone is 1. The summed E-state index contributed by atoms with van der Waals surface area (Å²) in [5.74, 6) is 0.534. The normalized spacial score (nSPS) is 16.6. The molecule has 2 unspecified atom stereocenters. The van der Waals surface area contributed by atoms with Gasteiger partial charge in [-0.3, -0.25) is 0 Å². The van der Waals surface area contributed by atoms with E-state index in [2.05, 4.69) is 11.3 Å². The molecule has 0 radical (unpaired) electrons. The van der Waals surface area contributed by atoms with Gasteiger partial charge in [-0.2, -0.15) is 0 Å². The highest BCUT2D eigenvalue weighted by molar-refractivity contribution is 7.89. The summed E-state index contributed by atoms with van der Waals surface area (Å²) in [5.41, 5.74) is 1.09. The van der Waals surface area contributed by atoms with Gasteiger partial charge in [0.2, 0.25) is 21.7 Å². The van der Waals surface area contributed by atoms with E-state index in [0.717, 1.165) is 49.7 Å². The Hall–Kier alpha value is -4.15. The maximum absolute atomic E-state index is 14.3. The number of nitrogens with one attached hydrogen (secondary N) is 1. The molecule has 1 aliphatic heterocycles. The van der Waals surface area contributed by atoms with Gasteiger partial charge in [-0.15, -0.1) is 6.58 Å². The summed E-state index contributed by atoms with van der Waals surface area (Å²) < 4.78 is 53.7. The van der Waals surface area contributed by atoms with Gasteiger partial charge in [0.25, 0.3) is 0 Å². The maximum Gasteiger partial charge on any atom is 0.342 e. The molecule has 0 fully saturated rings. The zero-order chi connectivity index (χ0) is 34.7. The molecule has 2 atom stereocenters. The highest BCUT2D eigenvalue weighted by Crippen LogP contribution is 2.41. The van der Waals surface area contributed by atoms with Crippen LogP contribution >= 0.6 is 0 Å². The molecule has 9 nitrogen and oxygen atoms in total. The lowest BCUT2D eigenvalue weighted by molar-refractivity contribution is -0.140. The molecule has 0 saturated heterocycles. The Labute approximate surface area is 285 Å². The van der Waals surface area contributed by atoms with Crippen LogP contribution in [-0.4, -0.2) is 53.2 Å². The number of nitrogens with zero attached hydrogens (tertiary/aromatic N) is 1. The van der Waals surface area contributed by atoms with Crippen molar-refractivity contribution in [1.29, 1.82) is 0 Å². The van der Waals surface area contributed by atoms with E-state index in [4.69, 9.17) is 23.9 Å². The van der Waals surface area contributed by atoms with Crippen LogP contribution in [0.3, 0.4) is 0 Å². The number of ether oxygens (including phenoxy) is 4. The predicted octanol–water partition coefficient (Wildman–Crippen LogP) is 7.27. The first-order valence-electron chi connectivity index (χ1n) is 16.5. The number of sulfonamides is 1. The van der Waals surface area contributed by atoms with E-state index in [0.29, 0.717) is 41.2 Å². The van der Waals surface area contributed by atoms with Gasteiger partial charge in [-0.1, -0.05) is 80.6 Å². The van der Waals surface area contributed by atoms with Crippen LogP contribution in [0.2, 0.25) is 0 Å². The lowest BCUT2D eigenvalue weighted by Gasteiger charge is -2.32. The minimum atomic E-state index is -4.07. The summed E-state index contributed by atoms with van der Waals surface area (Å²) >= 11 is 0. The van der Waals surface area contributed by atoms with Crippen LogP contribution in [0.1, 0.15) is 73.6 Å². The van der Waals surface area contributed by atoms with Crippen molar-refractivity contribution in [3.63, 3.8) is 0 Å². The van der Waals surface area contributed by atoms with Crippen molar-refractivity contribution in [3.8, 4) is 17.2 Å². The number of carbonyl (C=O) groups is 1. The van der Waals surface area contributed by atoms with E-state index in [1.807, 2.05) is 49.4 Å². The largest absolute Gasteiger partial charge is 0.493 e. The zero-order valence-corrected chi connectivity index (χ0v) is 29.5. The number of methoxy groups -OCH3 is 3. The number of hydrogen-bond acceptors (Lipinski definition) is 8. The second-order valence-electron chi connectivity index (χ2n) is 12.2. The monoisotopic (exact) mass is 676 g/mol. The Morgan fingerprint density at radius 1 is 0.896 bits per heavy atom. The molecule has 0 saturated carbocycles. The molecule has 0 aromatic heterocycles. The fourth-order valence-electron chi connectivity index (χ4n) is 6.10. The minimum Gasteiger partial charge on any atom is -0.493 e. The van der Waals surface area contributed by atoms with Crippen molar-refractivity contribution in [2.24, 2.45) is 4.99 Å². The Bertz CT molecular complexity index is 1680. The van der Waals surface area contributed by atoms with Gasteiger partial charge in [0.1, 0.15) is 0 Å². The van der Waals surface area contributed by atoms with E-state index in [1.165, 1.54) is 21.3 Å². The molecule has 0 amide bonds. The van der Waals surface area contributed by atoms with E-state index in [9.17, 15) is 13.2 Å². The number of cyclic esters (lactones) is 1. The van der Waals surface area contributed by atoms with Gasteiger partial charge in [0.15, 0.2) is 17.0 Å². The van der Waals surface area contributed by atoms with Crippen molar-refractivity contribution in [1.82, 2.24) is 4.72 Å². The zero-order valence-electron chi connectivity index (χ0n) is 28.7. The molecule has 3 aromatic carbocycles. The summed E-state index contributed by atoms with van der Waals surface area (Å²) in [4.78, 5) is 19.4. The fourth-order valence-corrected chi connectivity index (χ4v) is 7.75. The molecule has 4 rings (SSSR count). The Balaban J connectivity index is 1.80. The summed E-state index contributed by atoms with van der Waals surface area (Å²) in [6, 6.07) is 17.2. The molecule has 48 heavy (non-hydrogen) atoms. The average molecular weight is 677 g/mol. The van der Waals surface area contributed by atoms with Crippen LogP contribution < -0.4 is 18.9 Å². The quantitative estimate of drug-likeness (QED) is 0.0808. The molecular formula is C38H48N2O7S. The summed E-state index contributed by atoms with van der Waals surface area (Å²) in [5, 5.41) is 0. The molecule has 0 aliphatic carbocycles. The molecule has 1 N–H and O–H groups in total. The topological polar surface area (TPSA) is 113 Å². The maximum atomic E-state index is 14.3. The third-order valence-electron chi connectivity index (χ3n) is 8.73. The lowest BCUT2D eigenvalue weighted by atomic mass is 9.82. The number of hydrogen-bond donors (Lipinski definition) is 1. The van der Waals surface area contributed by atoms with Crippen LogP contribution in [0.25, 0.3) is 0 Å². The molecule has 0 bridgehead atoms. The van der Waals surface area contributed by atoms with E-state index >= 15 is 0 Å². The van der Waals surface area contributed by atoms with E-state index in [1.54, 1.807) is 31.2 Å². The van der Waals surface area contributed by atoms with Crippen LogP contribution in [0.15, 0.2) is 83.2 Å². The second kappa shape index (κ2) is 16.8. The standard InChI is InChI=1S/C38H48N2O7S/c1-7-8-9-10-11-12-13-17-20-34(40-48(42,43)33-23-27(2)21-22-28(33)3)38(26-29-18-15-14-16-19-29)37(41)47-36(39-38)30-24-31(44-4)35(46-6)32(25-30)45-5/h7,14-16,18-19,21-25,34,40H,1,8-13,17,20,26H2,2-6H3. The smallest absolute Gasteiger partial charge is 0.342 e. The van der Waals surface area contributed by atoms with Crippen LogP contribution in [0.5, 0.6) is 17.2 Å². The summed E-state index contributed by atoms with van der Waals surface area (Å²) in [7, 11) is 0.441. The van der Waals surface area contributed by atoms with Crippen molar-refractivity contribution in [2.75, 3.05) is 21.3 Å². The number of rotatable bonds is 19. The second-order valence-corrected chi connectivity index (χ2v) is 13.9. The average Bonchev–Trinajstić information content (AvgIpc) is 3.42.